The molecule has 2 nitrogen and oxygen atoms in total. The van der Waals surface area contributed by atoms with Gasteiger partial charge in [-0.25, -0.2) is 0 Å². The molecular weight excluding hydrogens is 85.0 g/mol. The molecule has 0 heterocycles. The molecule has 0 saturated heterocycles. The Kier molecular flexibility index (Phi) is 2.76. The van der Waals surface area contributed by atoms with Crippen molar-refractivity contribution in [3.8, 4) is 0 Å². The van der Waals surface area contributed by atoms with E-state index in [0.717, 1.165) is 0 Å². The van der Waals surface area contributed by atoms with Crippen LogP contribution in [0.3, 0.4) is 0 Å². The molecule has 1 unspecified atom stereocenters. The van der Waals surface area contributed by atoms with Crippen LogP contribution in [-0.4, -0.2) is 19.2 Å². The van der Waals surface area contributed by atoms with Crippen LogP contribution in [0.25, 0.3) is 0 Å². The van der Waals surface area contributed by atoms with E-state index in [0.29, 0.717) is 0 Å². The number of hydroxylamine groups is 2. The zero-order valence-corrected chi connectivity index (χ0v) is 4.59. The molecule has 0 rings (SSSR count). The lowest BCUT2D eigenvalue weighted by atomic mass is 11.2. The Balaban J connectivity index is 2.54. The Morgan fingerprint density at radius 3 is 1.80 bits per heavy atom. The van der Waals surface area contributed by atoms with E-state index in [1.165, 1.54) is 0 Å². The summed E-state index contributed by atoms with van der Waals surface area (Å²) in [5.74, 6) is 0. The molecular formula is C2H8NOP. The van der Waals surface area contributed by atoms with Crippen molar-refractivity contribution in [3.05, 3.63) is 0 Å². The molecule has 0 bridgehead atoms. The maximum atomic E-state index is 4.50. The van der Waals surface area contributed by atoms with Crippen molar-refractivity contribution in [2.75, 3.05) is 14.1 Å². The summed E-state index contributed by atoms with van der Waals surface area (Å²) in [6, 6.07) is 0. The van der Waals surface area contributed by atoms with E-state index in [-0.39, 0.29) is 0 Å². The Morgan fingerprint density at radius 1 is 1.60 bits per heavy atom. The summed E-state index contributed by atoms with van der Waals surface area (Å²) >= 11 is 0. The molecule has 0 aliphatic heterocycles. The number of hydrogen-bond donors (Lipinski definition) is 0. The second kappa shape index (κ2) is 2.58. The van der Waals surface area contributed by atoms with Gasteiger partial charge in [-0.2, -0.15) is 5.06 Å². The van der Waals surface area contributed by atoms with Gasteiger partial charge in [0.05, 0.1) is 0 Å². The Labute approximate surface area is 34.3 Å². The summed E-state index contributed by atoms with van der Waals surface area (Å²) in [5, 5.41) is 1.59. The molecule has 5 heavy (non-hydrogen) atoms. The van der Waals surface area contributed by atoms with E-state index in [9.17, 15) is 0 Å². The highest BCUT2D eigenvalue weighted by molar-refractivity contribution is 7.09. The fourth-order valence-electron chi connectivity index (χ4n) is 0. The first-order valence-electron chi connectivity index (χ1n) is 1.31. The van der Waals surface area contributed by atoms with Gasteiger partial charge < -0.3 is 0 Å². The van der Waals surface area contributed by atoms with Crippen LogP contribution in [-0.2, 0) is 4.62 Å². The first-order valence-corrected chi connectivity index (χ1v) is 1.78. The minimum atomic E-state index is 1.59. The lowest BCUT2D eigenvalue weighted by Crippen LogP contribution is -2.03. The van der Waals surface area contributed by atoms with Gasteiger partial charge in [-0.3, -0.25) is 4.62 Å². The summed E-state index contributed by atoms with van der Waals surface area (Å²) in [5.41, 5.74) is 0. The molecule has 0 N–H and O–H groups in total. The second-order valence-corrected chi connectivity index (χ2v) is 1.13. The topological polar surface area (TPSA) is 12.5 Å². The quantitative estimate of drug-likeness (QED) is 0.341. The molecule has 0 aliphatic carbocycles. The smallest absolute Gasteiger partial charge is 0.0260 e. The summed E-state index contributed by atoms with van der Waals surface area (Å²) in [7, 11) is 5.75. The molecule has 0 saturated carbocycles. The lowest BCUT2D eigenvalue weighted by molar-refractivity contribution is 0.0209. The summed E-state index contributed by atoms with van der Waals surface area (Å²) in [4.78, 5) is 0. The van der Waals surface area contributed by atoms with Gasteiger partial charge in [0.15, 0.2) is 0 Å². The third-order valence-electron chi connectivity index (χ3n) is 0.211. The maximum absolute atomic E-state index is 4.50. The summed E-state index contributed by atoms with van der Waals surface area (Å²) < 4.78 is 4.50. The van der Waals surface area contributed by atoms with Crippen molar-refractivity contribution < 1.29 is 4.62 Å². The van der Waals surface area contributed by atoms with Gasteiger partial charge in [0.2, 0.25) is 0 Å². The molecule has 0 aromatic carbocycles. The number of hydrogen-bond acceptors (Lipinski definition) is 2. The van der Waals surface area contributed by atoms with Gasteiger partial charge in [0, 0.05) is 23.6 Å². The molecule has 0 amide bonds. The van der Waals surface area contributed by atoms with Crippen LogP contribution in [0, 0.1) is 0 Å². The first-order chi connectivity index (χ1) is 2.27. The van der Waals surface area contributed by atoms with Gasteiger partial charge in [-0.15, -0.1) is 0 Å². The summed E-state index contributed by atoms with van der Waals surface area (Å²) in [6.45, 7) is 0. The van der Waals surface area contributed by atoms with E-state index in [4.69, 9.17) is 0 Å². The molecule has 0 spiro atoms. The Morgan fingerprint density at radius 2 is 1.80 bits per heavy atom. The predicted octanol–water partition coefficient (Wildman–Crippen LogP) is 0.270. The fraction of sp³-hybridized carbons (Fsp3) is 1.00. The van der Waals surface area contributed by atoms with Crippen LogP contribution in [0.5, 0.6) is 0 Å². The molecule has 0 aromatic rings. The first kappa shape index (κ1) is 5.35. The van der Waals surface area contributed by atoms with Crippen LogP contribution < -0.4 is 0 Å². The third kappa shape index (κ3) is 4.35. The molecule has 0 radical (unpaired) electrons. The highest BCUT2D eigenvalue weighted by atomic mass is 31.0. The zero-order valence-electron chi connectivity index (χ0n) is 3.43. The average molecular weight is 93.1 g/mol. The SMILES string of the molecule is CN(C)OP. The minimum Gasteiger partial charge on any atom is -0.284 e. The van der Waals surface area contributed by atoms with Crippen molar-refractivity contribution in [1.29, 1.82) is 0 Å². The molecule has 0 fully saturated rings. The predicted molar refractivity (Wildman–Crippen MR) is 24.5 cm³/mol. The number of nitrogens with zero attached hydrogens (tertiary/aromatic N) is 1. The largest absolute Gasteiger partial charge is 0.284 e. The highest BCUT2D eigenvalue weighted by Gasteiger charge is 1.71. The van der Waals surface area contributed by atoms with Crippen LogP contribution in [0.4, 0.5) is 0 Å². The van der Waals surface area contributed by atoms with Gasteiger partial charge >= 0.3 is 0 Å². The van der Waals surface area contributed by atoms with Crippen molar-refractivity contribution >= 4 is 9.47 Å². The molecule has 3 heteroatoms. The van der Waals surface area contributed by atoms with E-state index in [1.807, 2.05) is 14.1 Å². The molecule has 32 valence electrons. The fourth-order valence-corrected chi connectivity index (χ4v) is 0. The zero-order chi connectivity index (χ0) is 4.28. The van der Waals surface area contributed by atoms with E-state index >= 15 is 0 Å². The van der Waals surface area contributed by atoms with Gasteiger partial charge in [-0.1, -0.05) is 0 Å². The van der Waals surface area contributed by atoms with Crippen molar-refractivity contribution in [2.45, 2.75) is 0 Å². The van der Waals surface area contributed by atoms with Crippen LogP contribution >= 0.6 is 9.47 Å². The van der Waals surface area contributed by atoms with E-state index in [2.05, 4.69) is 14.1 Å². The monoisotopic (exact) mass is 93.0 g/mol. The maximum Gasteiger partial charge on any atom is 0.0260 e. The standard InChI is InChI=1S/C2H8NOP/c1-3(2)4-5/h5H2,1-2H3. The van der Waals surface area contributed by atoms with E-state index < -0.39 is 0 Å². The number of rotatable bonds is 1. The molecule has 0 aliphatic rings. The molecule has 0 aromatic heterocycles. The lowest BCUT2D eigenvalue weighted by Gasteiger charge is -2.00. The van der Waals surface area contributed by atoms with Crippen molar-refractivity contribution in [2.24, 2.45) is 0 Å². The van der Waals surface area contributed by atoms with Crippen molar-refractivity contribution in [1.82, 2.24) is 5.06 Å². The highest BCUT2D eigenvalue weighted by Crippen LogP contribution is 1.83. The van der Waals surface area contributed by atoms with Crippen LogP contribution in [0.1, 0.15) is 0 Å². The summed E-state index contributed by atoms with van der Waals surface area (Å²) in [6.07, 6.45) is 0. The van der Waals surface area contributed by atoms with E-state index in [1.54, 1.807) is 5.06 Å². The minimum absolute atomic E-state index is 1.59. The van der Waals surface area contributed by atoms with Crippen LogP contribution in [0.15, 0.2) is 0 Å². The normalized spacial score (nSPS) is 9.60. The molecule has 1 atom stereocenters. The average Bonchev–Trinajstić information content (AvgIpc) is 1.38. The van der Waals surface area contributed by atoms with Gasteiger partial charge in [-0.05, 0) is 0 Å². The van der Waals surface area contributed by atoms with Crippen molar-refractivity contribution in [3.63, 3.8) is 0 Å². The Bertz CT molecular complexity index is 23.6. The van der Waals surface area contributed by atoms with Crippen LogP contribution in [0.2, 0.25) is 0 Å². The van der Waals surface area contributed by atoms with Gasteiger partial charge in [0.1, 0.15) is 0 Å². The second-order valence-electron chi connectivity index (χ2n) is 0.918. The third-order valence-corrected chi connectivity index (χ3v) is 0.632. The van der Waals surface area contributed by atoms with Gasteiger partial charge in [0.25, 0.3) is 0 Å². The Hall–Kier alpha value is 0.350.